The number of carbonyl (C=O) groups is 2. The van der Waals surface area contributed by atoms with E-state index in [2.05, 4.69) is 10.3 Å². The fourth-order valence-corrected chi connectivity index (χ4v) is 4.24. The van der Waals surface area contributed by atoms with Crippen molar-refractivity contribution in [2.24, 2.45) is 5.92 Å². The molecule has 140 valence electrons. The van der Waals surface area contributed by atoms with Gasteiger partial charge in [-0.15, -0.1) is 0 Å². The van der Waals surface area contributed by atoms with Crippen molar-refractivity contribution in [3.05, 3.63) is 30.1 Å². The van der Waals surface area contributed by atoms with Crippen molar-refractivity contribution < 1.29 is 18.7 Å². The van der Waals surface area contributed by atoms with Gasteiger partial charge in [-0.05, 0) is 50.2 Å². The van der Waals surface area contributed by atoms with Gasteiger partial charge in [-0.2, -0.15) is 0 Å². The Morgan fingerprint density at radius 2 is 2.04 bits per heavy atom. The van der Waals surface area contributed by atoms with Crippen molar-refractivity contribution >= 4 is 11.8 Å². The minimum absolute atomic E-state index is 0.116. The number of rotatable bonds is 5. The normalized spacial score (nSPS) is 25.4. The molecule has 2 aliphatic heterocycles. The van der Waals surface area contributed by atoms with E-state index >= 15 is 0 Å². The van der Waals surface area contributed by atoms with Crippen LogP contribution < -0.4 is 5.32 Å². The van der Waals surface area contributed by atoms with Crippen LogP contribution in [0.25, 0.3) is 0 Å². The summed E-state index contributed by atoms with van der Waals surface area (Å²) in [4.78, 5) is 29.9. The van der Waals surface area contributed by atoms with Crippen LogP contribution in [0.4, 0.5) is 4.39 Å². The number of likely N-dealkylation sites (tertiary alicyclic amines) is 1. The molecule has 6 nitrogen and oxygen atoms in total. The van der Waals surface area contributed by atoms with Crippen LogP contribution in [0, 0.1) is 5.92 Å². The van der Waals surface area contributed by atoms with E-state index in [9.17, 15) is 14.0 Å². The first-order valence-electron chi connectivity index (χ1n) is 9.33. The molecular formula is C19H24FN3O3. The maximum Gasteiger partial charge on any atom is 0.260 e. The molecule has 26 heavy (non-hydrogen) atoms. The highest BCUT2D eigenvalue weighted by molar-refractivity contribution is 5.93. The third-order valence-corrected chi connectivity index (χ3v) is 6.05. The average molecular weight is 361 g/mol. The van der Waals surface area contributed by atoms with Crippen LogP contribution in [0.1, 0.15) is 42.5 Å². The molecule has 0 unspecified atom stereocenters. The van der Waals surface area contributed by atoms with Crippen LogP contribution in [-0.2, 0) is 9.53 Å². The van der Waals surface area contributed by atoms with Crippen molar-refractivity contribution in [3.8, 4) is 0 Å². The van der Waals surface area contributed by atoms with Gasteiger partial charge in [0.05, 0.1) is 13.1 Å². The second kappa shape index (κ2) is 6.61. The largest absolute Gasteiger partial charge is 0.371 e. The zero-order chi connectivity index (χ0) is 18.2. The van der Waals surface area contributed by atoms with E-state index in [0.717, 1.165) is 19.3 Å². The highest BCUT2D eigenvalue weighted by Gasteiger charge is 2.58. The SMILES string of the molecule is O=C(NCC[C@@H]1CCOC12CN(C(=O)C1(F)CCC1)C2)c1ccncc1. The lowest BCUT2D eigenvalue weighted by molar-refractivity contribution is -0.180. The molecule has 2 amide bonds. The van der Waals surface area contributed by atoms with E-state index in [1.54, 1.807) is 29.4 Å². The average Bonchev–Trinajstić information content (AvgIpc) is 3.02. The summed E-state index contributed by atoms with van der Waals surface area (Å²) >= 11 is 0. The Hall–Kier alpha value is -2.02. The summed E-state index contributed by atoms with van der Waals surface area (Å²) in [5.74, 6) is -0.203. The predicted molar refractivity (Wildman–Crippen MR) is 92.2 cm³/mol. The van der Waals surface area contributed by atoms with Gasteiger partial charge in [0, 0.05) is 31.1 Å². The molecular weight excluding hydrogens is 337 g/mol. The van der Waals surface area contributed by atoms with Gasteiger partial charge in [-0.3, -0.25) is 14.6 Å². The Balaban J connectivity index is 1.27. The topological polar surface area (TPSA) is 71.5 Å². The monoisotopic (exact) mass is 361 g/mol. The van der Waals surface area contributed by atoms with Gasteiger partial charge in [0.15, 0.2) is 5.67 Å². The molecule has 1 atom stereocenters. The maximum atomic E-state index is 14.3. The number of carbonyl (C=O) groups excluding carboxylic acids is 2. The Kier molecular flexibility index (Phi) is 4.42. The molecule has 3 aliphatic rings. The van der Waals surface area contributed by atoms with Crippen LogP contribution in [0.15, 0.2) is 24.5 Å². The fraction of sp³-hybridized carbons (Fsp3) is 0.632. The number of alkyl halides is 1. The van der Waals surface area contributed by atoms with Crippen LogP contribution in [0.3, 0.4) is 0 Å². The molecule has 0 bridgehead atoms. The zero-order valence-corrected chi connectivity index (χ0v) is 14.7. The van der Waals surface area contributed by atoms with Gasteiger partial charge in [0.2, 0.25) is 0 Å². The Morgan fingerprint density at radius 1 is 1.31 bits per heavy atom. The lowest BCUT2D eigenvalue weighted by Crippen LogP contribution is -2.69. The number of hydrogen-bond donors (Lipinski definition) is 1. The number of hydrogen-bond acceptors (Lipinski definition) is 4. The van der Waals surface area contributed by atoms with Crippen molar-refractivity contribution in [2.75, 3.05) is 26.2 Å². The zero-order valence-electron chi connectivity index (χ0n) is 14.7. The quantitative estimate of drug-likeness (QED) is 0.867. The molecule has 3 fully saturated rings. The van der Waals surface area contributed by atoms with Crippen molar-refractivity contribution in [1.29, 1.82) is 0 Å². The minimum Gasteiger partial charge on any atom is -0.371 e. The first kappa shape index (κ1) is 17.4. The second-order valence-electron chi connectivity index (χ2n) is 7.66. The molecule has 1 aliphatic carbocycles. The van der Waals surface area contributed by atoms with Crippen molar-refractivity contribution in [2.45, 2.75) is 43.4 Å². The number of nitrogens with zero attached hydrogens (tertiary/aromatic N) is 2. The Labute approximate surface area is 152 Å². The van der Waals surface area contributed by atoms with Gasteiger partial charge in [-0.1, -0.05) is 0 Å². The summed E-state index contributed by atoms with van der Waals surface area (Å²) in [6.07, 6.45) is 6.37. The summed E-state index contributed by atoms with van der Waals surface area (Å²) in [6, 6.07) is 3.36. The lowest BCUT2D eigenvalue weighted by atomic mass is 9.75. The van der Waals surface area contributed by atoms with E-state index in [0.29, 0.717) is 44.6 Å². The van der Waals surface area contributed by atoms with Gasteiger partial charge in [0.1, 0.15) is 5.60 Å². The standard InChI is InChI=1S/C19H24FN3O3/c20-18(6-1-7-18)17(25)23-12-19(13-23)15(5-11-26-19)4-10-22-16(24)14-2-8-21-9-3-14/h2-3,8-9,15H,1,4-7,10-13H2,(H,22,24)/t15-/m1/s1. The molecule has 0 aromatic carbocycles. The van der Waals surface area contributed by atoms with E-state index in [-0.39, 0.29) is 23.3 Å². The van der Waals surface area contributed by atoms with Crippen LogP contribution in [0.2, 0.25) is 0 Å². The molecule has 7 heteroatoms. The molecule has 1 spiro atoms. The fourth-order valence-electron chi connectivity index (χ4n) is 4.24. The summed E-state index contributed by atoms with van der Waals surface area (Å²) in [5, 5.41) is 2.93. The Morgan fingerprint density at radius 3 is 2.69 bits per heavy atom. The van der Waals surface area contributed by atoms with E-state index in [4.69, 9.17) is 4.74 Å². The first-order chi connectivity index (χ1) is 12.5. The van der Waals surface area contributed by atoms with Crippen LogP contribution >= 0.6 is 0 Å². The highest BCUT2D eigenvalue weighted by atomic mass is 19.1. The minimum atomic E-state index is -1.63. The molecule has 1 N–H and O–H groups in total. The number of halogens is 1. The lowest BCUT2D eigenvalue weighted by Gasteiger charge is -2.52. The van der Waals surface area contributed by atoms with Gasteiger partial charge in [0.25, 0.3) is 11.8 Å². The van der Waals surface area contributed by atoms with Gasteiger partial charge in [-0.25, -0.2) is 4.39 Å². The molecule has 2 saturated heterocycles. The van der Waals surface area contributed by atoms with E-state index in [1.807, 2.05) is 0 Å². The third-order valence-electron chi connectivity index (χ3n) is 6.05. The number of ether oxygens (including phenoxy) is 1. The van der Waals surface area contributed by atoms with Gasteiger partial charge < -0.3 is 15.0 Å². The summed E-state index contributed by atoms with van der Waals surface area (Å²) < 4.78 is 20.3. The molecule has 4 rings (SSSR count). The molecule has 1 aromatic heterocycles. The van der Waals surface area contributed by atoms with Crippen molar-refractivity contribution in [3.63, 3.8) is 0 Å². The molecule has 0 radical (unpaired) electrons. The maximum absolute atomic E-state index is 14.3. The number of aromatic nitrogens is 1. The Bertz CT molecular complexity index is 687. The second-order valence-corrected chi connectivity index (χ2v) is 7.66. The predicted octanol–water partition coefficient (Wildman–Crippen LogP) is 1.71. The van der Waals surface area contributed by atoms with Gasteiger partial charge >= 0.3 is 0 Å². The number of amides is 2. The van der Waals surface area contributed by atoms with E-state index < -0.39 is 5.67 Å². The summed E-state index contributed by atoms with van der Waals surface area (Å²) in [7, 11) is 0. The molecule has 1 saturated carbocycles. The molecule has 3 heterocycles. The summed E-state index contributed by atoms with van der Waals surface area (Å²) in [5.41, 5.74) is -1.39. The number of nitrogens with one attached hydrogen (secondary N) is 1. The van der Waals surface area contributed by atoms with Crippen LogP contribution in [-0.4, -0.2) is 59.2 Å². The first-order valence-corrected chi connectivity index (χ1v) is 9.33. The highest BCUT2D eigenvalue weighted by Crippen LogP contribution is 2.45. The van der Waals surface area contributed by atoms with Crippen molar-refractivity contribution in [1.82, 2.24) is 15.2 Å². The molecule has 1 aromatic rings. The van der Waals surface area contributed by atoms with Crippen LogP contribution in [0.5, 0.6) is 0 Å². The van der Waals surface area contributed by atoms with E-state index in [1.165, 1.54) is 0 Å². The number of pyridine rings is 1. The smallest absolute Gasteiger partial charge is 0.260 e. The summed E-state index contributed by atoms with van der Waals surface area (Å²) in [6.45, 7) is 2.16. The third kappa shape index (κ3) is 2.98.